The Bertz CT molecular complexity index is 491. The number of hydrogen-bond acceptors (Lipinski definition) is 5. The number of hydrogen-bond donors (Lipinski definition) is 2. The number of non-ortho nitro benzene ring substituents is 1. The average Bonchev–Trinajstić information content (AvgIpc) is 2.44. The Morgan fingerprint density at radius 2 is 2.25 bits per heavy atom. The van der Waals surface area contributed by atoms with Crippen molar-refractivity contribution >= 4 is 17.3 Å². The minimum atomic E-state index is -0.640. The summed E-state index contributed by atoms with van der Waals surface area (Å²) >= 11 is 0. The summed E-state index contributed by atoms with van der Waals surface area (Å²) in [6, 6.07) is 3.36. The highest BCUT2D eigenvalue weighted by atomic mass is 16.6. The molecular formula is C13H19N3O4. The van der Waals surface area contributed by atoms with Gasteiger partial charge >= 0.3 is 0 Å². The van der Waals surface area contributed by atoms with E-state index in [1.165, 1.54) is 25.3 Å². The highest BCUT2D eigenvalue weighted by molar-refractivity contribution is 5.96. The average molecular weight is 281 g/mol. The first-order valence-electron chi connectivity index (χ1n) is 6.38. The van der Waals surface area contributed by atoms with Crippen molar-refractivity contribution in [2.45, 2.75) is 32.2 Å². The molecule has 110 valence electrons. The molecule has 0 saturated carbocycles. The number of nitrogens with zero attached hydrogens (tertiary/aromatic N) is 1. The van der Waals surface area contributed by atoms with Crippen LogP contribution in [0.5, 0.6) is 5.75 Å². The van der Waals surface area contributed by atoms with Gasteiger partial charge in [0.05, 0.1) is 23.8 Å². The van der Waals surface area contributed by atoms with Crippen LogP contribution in [0.25, 0.3) is 0 Å². The van der Waals surface area contributed by atoms with Gasteiger partial charge in [0.2, 0.25) is 5.91 Å². The first kappa shape index (κ1) is 15.9. The largest absolute Gasteiger partial charge is 0.495 e. The first-order valence-corrected chi connectivity index (χ1v) is 6.38. The van der Waals surface area contributed by atoms with Gasteiger partial charge in [0.1, 0.15) is 5.75 Å². The monoisotopic (exact) mass is 281 g/mol. The van der Waals surface area contributed by atoms with Crippen LogP contribution in [0.15, 0.2) is 18.2 Å². The molecule has 1 rings (SSSR count). The molecule has 0 radical (unpaired) electrons. The minimum Gasteiger partial charge on any atom is -0.495 e. The van der Waals surface area contributed by atoms with Gasteiger partial charge in [-0.25, -0.2) is 0 Å². The summed E-state index contributed by atoms with van der Waals surface area (Å²) in [7, 11) is 1.42. The Balaban J connectivity index is 2.86. The van der Waals surface area contributed by atoms with Crippen molar-refractivity contribution < 1.29 is 14.5 Å². The van der Waals surface area contributed by atoms with E-state index in [2.05, 4.69) is 5.32 Å². The number of carbonyl (C=O) groups is 1. The van der Waals surface area contributed by atoms with Crippen molar-refractivity contribution in [1.29, 1.82) is 0 Å². The van der Waals surface area contributed by atoms with Crippen molar-refractivity contribution in [1.82, 2.24) is 0 Å². The molecule has 0 aliphatic rings. The van der Waals surface area contributed by atoms with Gasteiger partial charge in [-0.1, -0.05) is 19.8 Å². The number of unbranched alkanes of at least 4 members (excludes halogenated alkanes) is 1. The molecule has 0 fully saturated rings. The number of methoxy groups -OCH3 is 1. The fourth-order valence-corrected chi connectivity index (χ4v) is 1.69. The Kier molecular flexibility index (Phi) is 5.92. The van der Waals surface area contributed by atoms with Crippen LogP contribution in [0, 0.1) is 10.1 Å². The molecule has 1 aromatic carbocycles. The number of benzene rings is 1. The van der Waals surface area contributed by atoms with Crippen LogP contribution < -0.4 is 15.8 Å². The van der Waals surface area contributed by atoms with Crippen molar-refractivity contribution in [2.75, 3.05) is 12.4 Å². The number of nitro groups is 1. The number of nitro benzene ring substituents is 1. The molecule has 3 N–H and O–H groups in total. The van der Waals surface area contributed by atoms with Crippen LogP contribution in [0.1, 0.15) is 26.2 Å². The van der Waals surface area contributed by atoms with Gasteiger partial charge in [-0.2, -0.15) is 0 Å². The molecular weight excluding hydrogens is 262 g/mol. The van der Waals surface area contributed by atoms with Gasteiger partial charge in [0, 0.05) is 12.1 Å². The van der Waals surface area contributed by atoms with Crippen molar-refractivity contribution in [3.63, 3.8) is 0 Å². The quantitative estimate of drug-likeness (QED) is 0.587. The Hall–Kier alpha value is -2.15. The number of anilines is 1. The number of nitrogens with two attached hydrogens (primary N) is 1. The molecule has 0 saturated heterocycles. The molecule has 0 aliphatic heterocycles. The summed E-state index contributed by atoms with van der Waals surface area (Å²) in [5.41, 5.74) is 5.88. The number of amides is 1. The van der Waals surface area contributed by atoms with E-state index in [4.69, 9.17) is 10.5 Å². The Labute approximate surface area is 117 Å². The van der Waals surface area contributed by atoms with Crippen LogP contribution in [0.3, 0.4) is 0 Å². The molecule has 0 bridgehead atoms. The predicted molar refractivity (Wildman–Crippen MR) is 75.8 cm³/mol. The van der Waals surface area contributed by atoms with Crippen LogP contribution in [0.4, 0.5) is 11.4 Å². The molecule has 7 heteroatoms. The third-order valence-electron chi connectivity index (χ3n) is 2.86. The highest BCUT2D eigenvalue weighted by Gasteiger charge is 2.17. The standard InChI is InChI=1S/C13H19N3O4/c1-3-4-5-10(14)13(17)15-11-8-9(16(18)19)6-7-12(11)20-2/h6-8,10H,3-5,14H2,1-2H3,(H,15,17). The molecule has 20 heavy (non-hydrogen) atoms. The van der Waals surface area contributed by atoms with Gasteiger partial charge in [-0.15, -0.1) is 0 Å². The van der Waals surface area contributed by atoms with Crippen LogP contribution in [0.2, 0.25) is 0 Å². The number of nitrogens with one attached hydrogen (secondary N) is 1. The molecule has 1 atom stereocenters. The fourth-order valence-electron chi connectivity index (χ4n) is 1.69. The fraction of sp³-hybridized carbons (Fsp3) is 0.462. The highest BCUT2D eigenvalue weighted by Crippen LogP contribution is 2.28. The summed E-state index contributed by atoms with van der Waals surface area (Å²) in [5.74, 6) is -0.0242. The van der Waals surface area contributed by atoms with Crippen molar-refractivity contribution in [2.24, 2.45) is 5.73 Å². The second-order valence-corrected chi connectivity index (χ2v) is 4.38. The maximum atomic E-state index is 11.9. The molecule has 1 aromatic rings. The van der Waals surface area contributed by atoms with Gasteiger partial charge in [-0.3, -0.25) is 14.9 Å². The lowest BCUT2D eigenvalue weighted by Gasteiger charge is -2.14. The topological polar surface area (TPSA) is 107 Å². The van der Waals surface area contributed by atoms with E-state index >= 15 is 0 Å². The third-order valence-corrected chi connectivity index (χ3v) is 2.86. The maximum absolute atomic E-state index is 11.9. The van der Waals surface area contributed by atoms with E-state index < -0.39 is 11.0 Å². The normalized spacial score (nSPS) is 11.8. The zero-order valence-electron chi connectivity index (χ0n) is 11.6. The summed E-state index contributed by atoms with van der Waals surface area (Å²) in [6.07, 6.45) is 2.36. The molecule has 7 nitrogen and oxygen atoms in total. The lowest BCUT2D eigenvalue weighted by atomic mass is 10.1. The Morgan fingerprint density at radius 1 is 1.55 bits per heavy atom. The lowest BCUT2D eigenvalue weighted by Crippen LogP contribution is -2.35. The second-order valence-electron chi connectivity index (χ2n) is 4.38. The Morgan fingerprint density at radius 3 is 2.80 bits per heavy atom. The number of ether oxygens (including phenoxy) is 1. The van der Waals surface area contributed by atoms with Gasteiger partial charge < -0.3 is 15.8 Å². The van der Waals surface area contributed by atoms with Crippen LogP contribution in [-0.2, 0) is 4.79 Å². The summed E-state index contributed by atoms with van der Waals surface area (Å²) in [4.78, 5) is 22.1. The molecule has 0 aliphatic carbocycles. The van der Waals surface area contributed by atoms with Gasteiger partial charge in [0.15, 0.2) is 0 Å². The van der Waals surface area contributed by atoms with E-state index in [1.807, 2.05) is 6.92 Å². The van der Waals surface area contributed by atoms with Gasteiger partial charge in [0.25, 0.3) is 5.69 Å². The second kappa shape index (κ2) is 7.44. The predicted octanol–water partition coefficient (Wildman–Crippen LogP) is 2.06. The lowest BCUT2D eigenvalue weighted by molar-refractivity contribution is -0.384. The zero-order valence-corrected chi connectivity index (χ0v) is 11.6. The molecule has 0 heterocycles. The zero-order chi connectivity index (χ0) is 15.1. The molecule has 1 unspecified atom stereocenters. The number of rotatable bonds is 7. The molecule has 0 aromatic heterocycles. The smallest absolute Gasteiger partial charge is 0.271 e. The SMILES string of the molecule is CCCCC(N)C(=O)Nc1cc([N+](=O)[O-])ccc1OC. The number of carbonyl (C=O) groups excluding carboxylic acids is 1. The summed E-state index contributed by atoms with van der Waals surface area (Å²) in [6.45, 7) is 2.01. The van der Waals surface area contributed by atoms with Crippen molar-refractivity contribution in [3.05, 3.63) is 28.3 Å². The first-order chi connectivity index (χ1) is 9.49. The van der Waals surface area contributed by atoms with E-state index in [0.29, 0.717) is 12.2 Å². The maximum Gasteiger partial charge on any atom is 0.271 e. The molecule has 1 amide bonds. The third kappa shape index (κ3) is 4.20. The van der Waals surface area contributed by atoms with Crippen LogP contribution >= 0.6 is 0 Å². The van der Waals surface area contributed by atoms with Crippen molar-refractivity contribution in [3.8, 4) is 5.75 Å². The summed E-state index contributed by atoms with van der Waals surface area (Å²) in [5, 5.41) is 13.3. The van der Waals surface area contributed by atoms with Crippen LogP contribution in [-0.4, -0.2) is 24.0 Å². The van der Waals surface area contributed by atoms with E-state index in [9.17, 15) is 14.9 Å². The van der Waals surface area contributed by atoms with E-state index in [1.54, 1.807) is 0 Å². The van der Waals surface area contributed by atoms with E-state index in [-0.39, 0.29) is 17.3 Å². The van der Waals surface area contributed by atoms with E-state index in [0.717, 1.165) is 12.8 Å². The van der Waals surface area contributed by atoms with Gasteiger partial charge in [-0.05, 0) is 12.5 Å². The summed E-state index contributed by atoms with van der Waals surface area (Å²) < 4.78 is 5.06. The molecule has 0 spiro atoms. The minimum absolute atomic E-state index is 0.122.